The molecule has 2 aromatic carbocycles. The Morgan fingerprint density at radius 1 is 0.733 bits per heavy atom. The van der Waals surface area contributed by atoms with Gasteiger partial charge in [0.25, 0.3) is 0 Å². The average molecular weight is 455 g/mol. The molecular formula is C21H26O7S2. The largest absolute Gasteiger partial charge is 0.427 e. The molecule has 164 valence electrons. The minimum Gasteiger partial charge on any atom is -0.427 e. The van der Waals surface area contributed by atoms with E-state index in [0.29, 0.717) is 0 Å². The molecule has 9 heteroatoms. The summed E-state index contributed by atoms with van der Waals surface area (Å²) in [5, 5.41) is 0. The molecule has 0 unspecified atom stereocenters. The topological polar surface area (TPSA) is 104 Å². The number of hydrogen-bond donors (Lipinski definition) is 0. The van der Waals surface area contributed by atoms with Crippen molar-refractivity contribution in [3.05, 3.63) is 54.6 Å². The Hall–Kier alpha value is -2.23. The van der Waals surface area contributed by atoms with Gasteiger partial charge in [0, 0.05) is 6.42 Å². The van der Waals surface area contributed by atoms with Crippen molar-refractivity contribution in [2.24, 2.45) is 0 Å². The Bertz CT molecular complexity index is 1010. The number of unbranched alkanes of at least 4 members (excludes halogenated alkanes) is 5. The lowest BCUT2D eigenvalue weighted by Gasteiger charge is -2.08. The summed E-state index contributed by atoms with van der Waals surface area (Å²) in [6.45, 7) is 2.14. The Kier molecular flexibility index (Phi) is 9.01. The maximum Gasteiger partial charge on any atom is 0.311 e. The van der Waals surface area contributed by atoms with Crippen LogP contribution in [0.4, 0.5) is 0 Å². The predicted molar refractivity (Wildman–Crippen MR) is 112 cm³/mol. The van der Waals surface area contributed by atoms with Gasteiger partial charge in [-0.15, -0.1) is 3.63 Å². The first kappa shape index (κ1) is 24.0. The van der Waals surface area contributed by atoms with Crippen molar-refractivity contribution in [1.29, 1.82) is 0 Å². The van der Waals surface area contributed by atoms with Crippen molar-refractivity contribution in [1.82, 2.24) is 0 Å². The third kappa shape index (κ3) is 7.55. The molecule has 0 aliphatic carbocycles. The molecule has 0 amide bonds. The van der Waals surface area contributed by atoms with Gasteiger partial charge in [-0.3, -0.25) is 4.79 Å². The highest BCUT2D eigenvalue weighted by atomic mass is 32.3. The summed E-state index contributed by atoms with van der Waals surface area (Å²) in [5.74, 6) is -0.222. The highest BCUT2D eigenvalue weighted by Gasteiger charge is 2.26. The highest BCUT2D eigenvalue weighted by molar-refractivity contribution is 7.99. The normalized spacial score (nSPS) is 11.9. The van der Waals surface area contributed by atoms with Crippen LogP contribution in [0.5, 0.6) is 5.75 Å². The van der Waals surface area contributed by atoms with Gasteiger partial charge in [0.15, 0.2) is 0 Å². The predicted octanol–water partition coefficient (Wildman–Crippen LogP) is 4.44. The molecule has 30 heavy (non-hydrogen) atoms. The maximum absolute atomic E-state index is 12.3. The second-order valence-electron chi connectivity index (χ2n) is 6.75. The quantitative estimate of drug-likeness (QED) is 0.265. The van der Waals surface area contributed by atoms with E-state index in [9.17, 15) is 21.6 Å². The van der Waals surface area contributed by atoms with Gasteiger partial charge in [0.2, 0.25) is 0 Å². The summed E-state index contributed by atoms with van der Waals surface area (Å²) in [4.78, 5) is 11.3. The summed E-state index contributed by atoms with van der Waals surface area (Å²) in [6, 6.07) is 11.8. The highest BCUT2D eigenvalue weighted by Crippen LogP contribution is 2.22. The van der Waals surface area contributed by atoms with Crippen LogP contribution < -0.4 is 4.74 Å². The number of ether oxygens (including phenoxy) is 1. The first-order chi connectivity index (χ1) is 14.2. The van der Waals surface area contributed by atoms with Crippen molar-refractivity contribution in [2.75, 3.05) is 0 Å². The molecule has 0 radical (unpaired) electrons. The molecule has 0 aliphatic rings. The zero-order valence-corrected chi connectivity index (χ0v) is 18.5. The number of benzene rings is 2. The standard InChI is InChI=1S/C21H26O7S2/c1-2-3-4-5-6-10-13-21(22)27-18-14-16-20(17-15-18)30(25,26)28-29(23,24)19-11-8-7-9-12-19/h7-9,11-12,14-17H,2-6,10,13H2,1H3. The second kappa shape index (κ2) is 11.2. The van der Waals surface area contributed by atoms with Crippen LogP contribution in [0.3, 0.4) is 0 Å². The molecule has 0 atom stereocenters. The van der Waals surface area contributed by atoms with Gasteiger partial charge in [0.05, 0.1) is 9.79 Å². The van der Waals surface area contributed by atoms with Crippen LogP contribution >= 0.6 is 0 Å². The van der Waals surface area contributed by atoms with Gasteiger partial charge in [-0.1, -0.05) is 57.2 Å². The molecule has 0 saturated carbocycles. The van der Waals surface area contributed by atoms with Gasteiger partial charge in [0.1, 0.15) is 5.75 Å². The Balaban J connectivity index is 1.92. The molecule has 0 spiro atoms. The van der Waals surface area contributed by atoms with Crippen molar-refractivity contribution in [2.45, 2.75) is 61.7 Å². The third-order valence-electron chi connectivity index (χ3n) is 4.29. The van der Waals surface area contributed by atoms with Gasteiger partial charge in [-0.05, 0) is 42.8 Å². The van der Waals surface area contributed by atoms with Crippen LogP contribution in [0, 0.1) is 0 Å². The van der Waals surface area contributed by atoms with Crippen molar-refractivity contribution < 1.29 is 30.0 Å². The second-order valence-corrected chi connectivity index (χ2v) is 10.1. The average Bonchev–Trinajstić information content (AvgIpc) is 2.71. The van der Waals surface area contributed by atoms with Gasteiger partial charge < -0.3 is 4.74 Å². The molecule has 0 bridgehead atoms. The van der Waals surface area contributed by atoms with Crippen LogP contribution in [0.2, 0.25) is 0 Å². The Labute approximate surface area is 178 Å². The Morgan fingerprint density at radius 2 is 1.27 bits per heavy atom. The Morgan fingerprint density at radius 3 is 1.87 bits per heavy atom. The molecule has 0 heterocycles. The summed E-state index contributed by atoms with van der Waals surface area (Å²) < 4.78 is 58.5. The number of hydrogen-bond acceptors (Lipinski definition) is 7. The molecule has 0 fully saturated rings. The molecule has 2 rings (SSSR count). The number of carbonyl (C=O) groups is 1. The van der Waals surface area contributed by atoms with Crippen LogP contribution in [0.1, 0.15) is 51.9 Å². The minimum atomic E-state index is -4.57. The fourth-order valence-corrected chi connectivity index (χ4v) is 5.22. The van der Waals surface area contributed by atoms with Crippen LogP contribution in [-0.4, -0.2) is 22.8 Å². The van der Waals surface area contributed by atoms with E-state index in [1.807, 2.05) is 0 Å². The molecule has 0 N–H and O–H groups in total. The lowest BCUT2D eigenvalue weighted by atomic mass is 10.1. The SMILES string of the molecule is CCCCCCCCC(=O)Oc1ccc(S(=O)(=O)OS(=O)(=O)c2ccccc2)cc1. The number of carbonyl (C=O) groups excluding carboxylic acids is 1. The maximum atomic E-state index is 12.3. The van der Waals surface area contributed by atoms with Gasteiger partial charge in [-0.2, -0.15) is 16.8 Å². The van der Waals surface area contributed by atoms with Crippen LogP contribution in [0.25, 0.3) is 0 Å². The number of rotatable bonds is 12. The lowest BCUT2D eigenvalue weighted by Crippen LogP contribution is -2.14. The molecule has 0 aliphatic heterocycles. The summed E-state index contributed by atoms with van der Waals surface area (Å²) in [7, 11) is -9.05. The summed E-state index contributed by atoms with van der Waals surface area (Å²) in [6.07, 6.45) is 6.57. The first-order valence-electron chi connectivity index (χ1n) is 9.81. The van der Waals surface area contributed by atoms with E-state index in [-0.39, 0.29) is 22.0 Å². The number of esters is 1. The van der Waals surface area contributed by atoms with Crippen molar-refractivity contribution in [3.63, 3.8) is 0 Å². The van der Waals surface area contributed by atoms with Gasteiger partial charge >= 0.3 is 26.2 Å². The summed E-state index contributed by atoms with van der Waals surface area (Å²) in [5.41, 5.74) is 0. The van der Waals surface area contributed by atoms with Crippen molar-refractivity contribution in [3.8, 4) is 5.75 Å². The van der Waals surface area contributed by atoms with E-state index in [2.05, 4.69) is 10.6 Å². The lowest BCUT2D eigenvalue weighted by molar-refractivity contribution is -0.134. The van der Waals surface area contributed by atoms with E-state index in [0.717, 1.165) is 44.2 Å². The molecule has 7 nitrogen and oxygen atoms in total. The van der Waals surface area contributed by atoms with E-state index in [1.54, 1.807) is 6.07 Å². The first-order valence-corrected chi connectivity index (χ1v) is 12.6. The monoisotopic (exact) mass is 454 g/mol. The van der Waals surface area contributed by atoms with E-state index in [1.165, 1.54) is 42.8 Å². The molecule has 0 aromatic heterocycles. The van der Waals surface area contributed by atoms with Crippen LogP contribution in [0.15, 0.2) is 64.4 Å². The molecule has 2 aromatic rings. The zero-order valence-electron chi connectivity index (χ0n) is 16.8. The summed E-state index contributed by atoms with van der Waals surface area (Å²) >= 11 is 0. The van der Waals surface area contributed by atoms with E-state index in [4.69, 9.17) is 4.74 Å². The zero-order chi connectivity index (χ0) is 22.0. The van der Waals surface area contributed by atoms with Crippen LogP contribution in [-0.2, 0) is 28.7 Å². The molecule has 0 saturated heterocycles. The van der Waals surface area contributed by atoms with Crippen molar-refractivity contribution >= 4 is 26.2 Å². The van der Waals surface area contributed by atoms with Gasteiger partial charge in [-0.25, -0.2) is 0 Å². The van der Waals surface area contributed by atoms with E-state index < -0.39 is 26.2 Å². The van der Waals surface area contributed by atoms with E-state index >= 15 is 0 Å². The minimum absolute atomic E-state index is 0.177. The third-order valence-corrected chi connectivity index (χ3v) is 7.42. The molecular weight excluding hydrogens is 428 g/mol. The fourth-order valence-electron chi connectivity index (χ4n) is 2.69. The fraction of sp³-hybridized carbons (Fsp3) is 0.381. The smallest absolute Gasteiger partial charge is 0.311 e.